The Balaban J connectivity index is 2.03. The van der Waals surface area contributed by atoms with Gasteiger partial charge in [-0.3, -0.25) is 4.79 Å². The summed E-state index contributed by atoms with van der Waals surface area (Å²) in [5, 5.41) is 0.838. The van der Waals surface area contributed by atoms with Crippen LogP contribution in [0.4, 0.5) is 0 Å². The van der Waals surface area contributed by atoms with Gasteiger partial charge >= 0.3 is 0 Å². The second-order valence-corrected chi connectivity index (χ2v) is 5.45. The number of hydrogen-bond acceptors (Lipinski definition) is 1. The minimum atomic E-state index is 0.193. The van der Waals surface area contributed by atoms with E-state index in [0.29, 0.717) is 0 Å². The van der Waals surface area contributed by atoms with Crippen LogP contribution >= 0.6 is 15.9 Å². The summed E-state index contributed by atoms with van der Waals surface area (Å²) >= 11 is 3.42. The fourth-order valence-electron chi connectivity index (χ4n) is 2.37. The van der Waals surface area contributed by atoms with E-state index < -0.39 is 0 Å². The van der Waals surface area contributed by atoms with Gasteiger partial charge in [0.05, 0.1) is 0 Å². The topological polar surface area (TPSA) is 20.3 Å². The van der Waals surface area contributed by atoms with Gasteiger partial charge in [0.15, 0.2) is 0 Å². The van der Waals surface area contributed by atoms with Crippen molar-refractivity contribution < 1.29 is 4.79 Å². The molecule has 0 radical (unpaired) electrons. The molecule has 0 bridgehead atoms. The molecular weight excluding hydrogens is 290 g/mol. The van der Waals surface area contributed by atoms with Gasteiger partial charge in [-0.05, 0) is 30.5 Å². The van der Waals surface area contributed by atoms with Gasteiger partial charge in [0.25, 0.3) is 5.91 Å². The van der Waals surface area contributed by atoms with E-state index in [-0.39, 0.29) is 5.91 Å². The zero-order valence-corrected chi connectivity index (χ0v) is 12.3. The molecule has 0 aromatic heterocycles. The fraction of sp³-hybridized carbons (Fsp3) is 0.533. The minimum absolute atomic E-state index is 0.193. The molecule has 0 N–H and O–H groups in total. The molecule has 0 spiro atoms. The maximum atomic E-state index is 12.4. The van der Waals surface area contributed by atoms with E-state index in [9.17, 15) is 4.79 Å². The molecule has 1 saturated heterocycles. The number of rotatable bonds is 2. The van der Waals surface area contributed by atoms with Gasteiger partial charge in [0.2, 0.25) is 0 Å². The second kappa shape index (κ2) is 6.93. The van der Waals surface area contributed by atoms with Gasteiger partial charge in [-0.15, -0.1) is 0 Å². The van der Waals surface area contributed by atoms with Crippen LogP contribution in [-0.2, 0) is 5.33 Å². The highest BCUT2D eigenvalue weighted by Gasteiger charge is 2.16. The molecule has 0 saturated carbocycles. The maximum Gasteiger partial charge on any atom is 0.253 e. The highest BCUT2D eigenvalue weighted by molar-refractivity contribution is 9.08. The van der Waals surface area contributed by atoms with E-state index in [1.54, 1.807) is 0 Å². The number of amides is 1. The molecule has 98 valence electrons. The molecule has 1 fully saturated rings. The Morgan fingerprint density at radius 2 is 1.56 bits per heavy atom. The first-order valence-electron chi connectivity index (χ1n) is 6.75. The van der Waals surface area contributed by atoms with E-state index in [4.69, 9.17) is 0 Å². The molecule has 1 heterocycles. The highest BCUT2D eigenvalue weighted by Crippen LogP contribution is 2.15. The van der Waals surface area contributed by atoms with Crippen LogP contribution in [0.15, 0.2) is 24.3 Å². The fourth-order valence-corrected chi connectivity index (χ4v) is 2.74. The van der Waals surface area contributed by atoms with Crippen LogP contribution in [0.2, 0.25) is 0 Å². The first-order chi connectivity index (χ1) is 8.81. The molecule has 1 aromatic rings. The Kier molecular flexibility index (Phi) is 5.24. The van der Waals surface area contributed by atoms with Crippen molar-refractivity contribution in [1.29, 1.82) is 0 Å². The van der Waals surface area contributed by atoms with Gasteiger partial charge in [-0.25, -0.2) is 0 Å². The van der Waals surface area contributed by atoms with Crippen molar-refractivity contribution >= 4 is 21.8 Å². The van der Waals surface area contributed by atoms with E-state index in [1.807, 2.05) is 29.2 Å². The molecule has 0 aliphatic carbocycles. The summed E-state index contributed by atoms with van der Waals surface area (Å²) in [5.41, 5.74) is 2.03. The highest BCUT2D eigenvalue weighted by atomic mass is 79.9. The molecule has 18 heavy (non-hydrogen) atoms. The first-order valence-corrected chi connectivity index (χ1v) is 7.87. The molecule has 0 unspecified atom stereocenters. The quantitative estimate of drug-likeness (QED) is 0.756. The standard InChI is InChI=1S/C15H20BrNO/c16-12-13-6-8-14(9-7-13)15(18)17-10-4-2-1-3-5-11-17/h6-9H,1-5,10-12H2. The van der Waals surface area contributed by atoms with Crippen LogP contribution < -0.4 is 0 Å². The predicted molar refractivity (Wildman–Crippen MR) is 78.1 cm³/mol. The Morgan fingerprint density at radius 3 is 2.11 bits per heavy atom. The van der Waals surface area contributed by atoms with Crippen molar-refractivity contribution in [1.82, 2.24) is 4.90 Å². The zero-order valence-electron chi connectivity index (χ0n) is 10.7. The van der Waals surface area contributed by atoms with E-state index in [0.717, 1.165) is 36.8 Å². The second-order valence-electron chi connectivity index (χ2n) is 4.89. The first kappa shape index (κ1) is 13.6. The third-order valence-electron chi connectivity index (χ3n) is 3.50. The molecule has 3 heteroatoms. The molecule has 2 nitrogen and oxygen atoms in total. The van der Waals surface area contributed by atoms with E-state index >= 15 is 0 Å². The third-order valence-corrected chi connectivity index (χ3v) is 4.15. The largest absolute Gasteiger partial charge is 0.339 e. The number of likely N-dealkylation sites (tertiary alicyclic amines) is 1. The van der Waals surface area contributed by atoms with Crippen LogP contribution in [0, 0.1) is 0 Å². The summed E-state index contributed by atoms with van der Waals surface area (Å²) in [6, 6.07) is 7.92. The molecule has 2 rings (SSSR count). The lowest BCUT2D eigenvalue weighted by Crippen LogP contribution is -2.33. The summed E-state index contributed by atoms with van der Waals surface area (Å²) < 4.78 is 0. The average molecular weight is 310 g/mol. The van der Waals surface area contributed by atoms with Gasteiger partial charge < -0.3 is 4.90 Å². The molecule has 1 aliphatic rings. The van der Waals surface area contributed by atoms with Crippen molar-refractivity contribution in [3.63, 3.8) is 0 Å². The van der Waals surface area contributed by atoms with Crippen molar-refractivity contribution in [3.8, 4) is 0 Å². The Morgan fingerprint density at radius 1 is 1.00 bits per heavy atom. The number of halogens is 1. The van der Waals surface area contributed by atoms with Crippen molar-refractivity contribution in [2.24, 2.45) is 0 Å². The number of carbonyl (C=O) groups is 1. The average Bonchev–Trinajstić information content (AvgIpc) is 2.38. The summed E-state index contributed by atoms with van der Waals surface area (Å²) in [6.07, 6.45) is 6.12. The van der Waals surface area contributed by atoms with Crippen LogP contribution in [-0.4, -0.2) is 23.9 Å². The Hall–Kier alpha value is -0.830. The number of nitrogens with zero attached hydrogens (tertiary/aromatic N) is 1. The van der Waals surface area contributed by atoms with Crippen molar-refractivity contribution in [3.05, 3.63) is 35.4 Å². The molecule has 0 atom stereocenters. The van der Waals surface area contributed by atoms with Gasteiger partial charge in [-0.2, -0.15) is 0 Å². The van der Waals surface area contributed by atoms with Crippen molar-refractivity contribution in [2.75, 3.05) is 13.1 Å². The summed E-state index contributed by atoms with van der Waals surface area (Å²) in [5.74, 6) is 0.193. The van der Waals surface area contributed by atoms with Gasteiger partial charge in [0, 0.05) is 24.0 Å². The summed E-state index contributed by atoms with van der Waals surface area (Å²) in [7, 11) is 0. The number of hydrogen-bond donors (Lipinski definition) is 0. The normalized spacial score (nSPS) is 17.1. The van der Waals surface area contributed by atoms with Crippen LogP contribution in [0.3, 0.4) is 0 Å². The minimum Gasteiger partial charge on any atom is -0.339 e. The lowest BCUT2D eigenvalue weighted by Gasteiger charge is -2.24. The van der Waals surface area contributed by atoms with Crippen LogP contribution in [0.5, 0.6) is 0 Å². The number of carbonyl (C=O) groups excluding carboxylic acids is 1. The van der Waals surface area contributed by atoms with Gasteiger partial charge in [-0.1, -0.05) is 47.3 Å². The summed E-state index contributed by atoms with van der Waals surface area (Å²) in [4.78, 5) is 14.4. The van der Waals surface area contributed by atoms with Crippen LogP contribution in [0.25, 0.3) is 0 Å². The molecular formula is C15H20BrNO. The Labute approximate surface area is 117 Å². The number of alkyl halides is 1. The third kappa shape index (κ3) is 3.58. The predicted octanol–water partition coefficient (Wildman–Crippen LogP) is 3.99. The van der Waals surface area contributed by atoms with E-state index in [2.05, 4.69) is 15.9 Å². The van der Waals surface area contributed by atoms with E-state index in [1.165, 1.54) is 24.8 Å². The number of benzene rings is 1. The molecule has 1 amide bonds. The lowest BCUT2D eigenvalue weighted by atomic mass is 10.1. The molecule has 1 aromatic carbocycles. The lowest BCUT2D eigenvalue weighted by molar-refractivity contribution is 0.0742. The maximum absolute atomic E-state index is 12.4. The smallest absolute Gasteiger partial charge is 0.253 e. The van der Waals surface area contributed by atoms with Crippen LogP contribution in [0.1, 0.15) is 48.0 Å². The zero-order chi connectivity index (χ0) is 12.8. The van der Waals surface area contributed by atoms with Gasteiger partial charge in [0.1, 0.15) is 0 Å². The molecule has 1 aliphatic heterocycles. The SMILES string of the molecule is O=C(c1ccc(CBr)cc1)N1CCCCCCC1. The monoisotopic (exact) mass is 309 g/mol. The van der Waals surface area contributed by atoms with Crippen molar-refractivity contribution in [2.45, 2.75) is 37.4 Å². The Bertz CT molecular complexity index is 380. The summed E-state index contributed by atoms with van der Waals surface area (Å²) in [6.45, 7) is 1.83.